The number of nitrogens with zero attached hydrogens (tertiary/aromatic N) is 4. The van der Waals surface area contributed by atoms with Gasteiger partial charge in [-0.3, -0.25) is 14.5 Å². The van der Waals surface area contributed by atoms with Crippen molar-refractivity contribution in [2.24, 2.45) is 0 Å². The lowest BCUT2D eigenvalue weighted by molar-refractivity contribution is -0.138. The topological polar surface area (TPSA) is 51.0 Å². The van der Waals surface area contributed by atoms with Crippen LogP contribution >= 0.6 is 0 Å². The van der Waals surface area contributed by atoms with E-state index in [1.165, 1.54) is 24.0 Å². The molecule has 0 saturated heterocycles. The Morgan fingerprint density at radius 3 is 2.33 bits per heavy atom. The summed E-state index contributed by atoms with van der Waals surface area (Å²) >= 11 is 0. The van der Waals surface area contributed by atoms with Crippen molar-refractivity contribution in [3.05, 3.63) is 64.7 Å². The minimum Gasteiger partial charge on any atom is -0.305 e. The van der Waals surface area contributed by atoms with Gasteiger partial charge in [0.05, 0.1) is 17.8 Å². The summed E-state index contributed by atoms with van der Waals surface area (Å²) in [6.45, 7) is 7.43. The van der Waals surface area contributed by atoms with Crippen LogP contribution in [-0.2, 0) is 6.18 Å². The zero-order valence-electron chi connectivity index (χ0n) is 17.1. The standard InChI is InChI=1S/C22H21F3N4O/c1-12-7-17(5-6-19(12)22(23,24)25)28-11-15(4)29-20(21(28)30)18(10-26-29)16-8-13(2)27-14(3)9-16/h5-10,15H,11H2,1-4H3/t15-/m0/s1. The minimum atomic E-state index is -4.43. The lowest BCUT2D eigenvalue weighted by Crippen LogP contribution is -2.42. The molecule has 4 rings (SSSR count). The number of carbonyl (C=O) groups excluding carboxylic acids is 1. The Morgan fingerprint density at radius 1 is 1.07 bits per heavy atom. The Hall–Kier alpha value is -3.16. The van der Waals surface area contributed by atoms with Crippen LogP contribution < -0.4 is 4.90 Å². The maximum absolute atomic E-state index is 13.4. The maximum atomic E-state index is 13.4. The van der Waals surface area contributed by atoms with Crippen molar-refractivity contribution in [1.82, 2.24) is 14.8 Å². The van der Waals surface area contributed by atoms with Crippen LogP contribution in [0.25, 0.3) is 11.1 Å². The van der Waals surface area contributed by atoms with E-state index >= 15 is 0 Å². The fourth-order valence-electron chi connectivity index (χ4n) is 4.02. The molecule has 0 unspecified atom stereocenters. The molecule has 0 aliphatic carbocycles. The van der Waals surface area contributed by atoms with E-state index in [4.69, 9.17) is 0 Å². The summed E-state index contributed by atoms with van der Waals surface area (Å²) in [5.74, 6) is -0.285. The number of pyridine rings is 1. The van der Waals surface area contributed by atoms with Crippen LogP contribution in [0.2, 0.25) is 0 Å². The first-order chi connectivity index (χ1) is 14.1. The first-order valence-corrected chi connectivity index (χ1v) is 9.59. The molecule has 1 aliphatic heterocycles. The fraction of sp³-hybridized carbons (Fsp3) is 0.318. The predicted octanol–water partition coefficient (Wildman–Crippen LogP) is 5.11. The lowest BCUT2D eigenvalue weighted by atomic mass is 10.0. The number of aromatic nitrogens is 3. The number of anilines is 1. The van der Waals surface area contributed by atoms with Crippen LogP contribution in [-0.4, -0.2) is 27.2 Å². The van der Waals surface area contributed by atoms with E-state index in [9.17, 15) is 18.0 Å². The van der Waals surface area contributed by atoms with Gasteiger partial charge in [0.25, 0.3) is 5.91 Å². The van der Waals surface area contributed by atoms with Gasteiger partial charge < -0.3 is 4.90 Å². The highest BCUT2D eigenvalue weighted by molar-refractivity contribution is 6.09. The van der Waals surface area contributed by atoms with Crippen LogP contribution in [0.1, 0.15) is 46.0 Å². The number of halogens is 3. The second-order valence-corrected chi connectivity index (χ2v) is 7.75. The minimum absolute atomic E-state index is 0.0835. The van der Waals surface area contributed by atoms with E-state index in [1.54, 1.807) is 10.9 Å². The summed E-state index contributed by atoms with van der Waals surface area (Å²) in [7, 11) is 0. The van der Waals surface area contributed by atoms with Gasteiger partial charge in [-0.1, -0.05) is 0 Å². The summed E-state index contributed by atoms with van der Waals surface area (Å²) in [6, 6.07) is 7.46. The van der Waals surface area contributed by atoms with Crippen LogP contribution in [0.15, 0.2) is 36.5 Å². The molecule has 0 radical (unpaired) electrons. The summed E-state index contributed by atoms with van der Waals surface area (Å²) in [5, 5.41) is 4.42. The summed E-state index contributed by atoms with van der Waals surface area (Å²) in [6.07, 6.45) is -2.76. The molecule has 8 heteroatoms. The number of alkyl halides is 3. The van der Waals surface area contributed by atoms with Crippen molar-refractivity contribution in [1.29, 1.82) is 0 Å². The van der Waals surface area contributed by atoms with E-state index in [2.05, 4.69) is 10.1 Å². The fourth-order valence-corrected chi connectivity index (χ4v) is 4.02. The van der Waals surface area contributed by atoms with E-state index in [1.807, 2.05) is 32.9 Å². The van der Waals surface area contributed by atoms with Gasteiger partial charge in [0.2, 0.25) is 0 Å². The molecule has 1 aromatic carbocycles. The average molecular weight is 414 g/mol. The van der Waals surface area contributed by atoms with Crippen molar-refractivity contribution < 1.29 is 18.0 Å². The molecule has 3 heterocycles. The van der Waals surface area contributed by atoms with Crippen molar-refractivity contribution in [2.75, 3.05) is 11.4 Å². The molecule has 0 N–H and O–H groups in total. The Labute approximate surface area is 172 Å². The number of hydrogen-bond acceptors (Lipinski definition) is 3. The molecule has 30 heavy (non-hydrogen) atoms. The normalized spacial score (nSPS) is 16.7. The molecule has 0 bridgehead atoms. The first kappa shape index (κ1) is 20.1. The number of amides is 1. The molecular formula is C22H21F3N4O. The molecule has 5 nitrogen and oxygen atoms in total. The predicted molar refractivity (Wildman–Crippen MR) is 108 cm³/mol. The second-order valence-electron chi connectivity index (χ2n) is 7.75. The number of hydrogen-bond donors (Lipinski definition) is 0. The SMILES string of the molecule is Cc1cc(-c2cnn3c2C(=O)N(c2ccc(C(F)(F)F)c(C)c2)C[C@@H]3C)cc(C)n1. The van der Waals surface area contributed by atoms with E-state index in [0.29, 0.717) is 23.5 Å². The van der Waals surface area contributed by atoms with E-state index in [-0.39, 0.29) is 17.5 Å². The molecule has 0 fully saturated rings. The Kier molecular flexibility index (Phi) is 4.67. The highest BCUT2D eigenvalue weighted by Gasteiger charge is 2.36. The third-order valence-corrected chi connectivity index (χ3v) is 5.33. The first-order valence-electron chi connectivity index (χ1n) is 9.59. The number of rotatable bonds is 2. The Balaban J connectivity index is 1.79. The largest absolute Gasteiger partial charge is 0.416 e. The van der Waals surface area contributed by atoms with Gasteiger partial charge in [-0.2, -0.15) is 18.3 Å². The molecular weight excluding hydrogens is 393 g/mol. The molecule has 2 aromatic heterocycles. The second kappa shape index (κ2) is 6.97. The van der Waals surface area contributed by atoms with Crippen molar-refractivity contribution in [2.45, 2.75) is 39.9 Å². The van der Waals surface area contributed by atoms with E-state index in [0.717, 1.165) is 23.0 Å². The van der Waals surface area contributed by atoms with Crippen LogP contribution in [0.4, 0.5) is 18.9 Å². The Bertz CT molecular complexity index is 1130. The Morgan fingerprint density at radius 2 is 1.73 bits per heavy atom. The molecule has 0 spiro atoms. The van der Waals surface area contributed by atoms with Crippen LogP contribution in [0.5, 0.6) is 0 Å². The number of fused-ring (bicyclic) bond motifs is 1. The third kappa shape index (κ3) is 3.36. The van der Waals surface area contributed by atoms with Gasteiger partial charge in [0, 0.05) is 29.2 Å². The molecule has 1 aliphatic rings. The van der Waals surface area contributed by atoms with Crippen LogP contribution in [0.3, 0.4) is 0 Å². The highest BCUT2D eigenvalue weighted by atomic mass is 19.4. The maximum Gasteiger partial charge on any atom is 0.416 e. The zero-order valence-corrected chi connectivity index (χ0v) is 17.1. The molecule has 156 valence electrons. The molecule has 1 amide bonds. The number of carbonyl (C=O) groups is 1. The van der Waals surface area contributed by atoms with Gasteiger partial charge in [0.1, 0.15) is 5.69 Å². The van der Waals surface area contributed by atoms with Gasteiger partial charge >= 0.3 is 6.18 Å². The quantitative estimate of drug-likeness (QED) is 0.586. The van der Waals surface area contributed by atoms with Gasteiger partial charge in [0.15, 0.2) is 0 Å². The number of benzene rings is 1. The highest BCUT2D eigenvalue weighted by Crippen LogP contribution is 2.36. The molecule has 1 atom stereocenters. The van der Waals surface area contributed by atoms with Crippen molar-refractivity contribution >= 4 is 11.6 Å². The summed E-state index contributed by atoms with van der Waals surface area (Å²) in [4.78, 5) is 19.3. The van der Waals surface area contributed by atoms with Gasteiger partial charge in [-0.05, 0) is 69.2 Å². The smallest absolute Gasteiger partial charge is 0.305 e. The third-order valence-electron chi connectivity index (χ3n) is 5.33. The molecule has 0 saturated carbocycles. The average Bonchev–Trinajstić information content (AvgIpc) is 3.09. The van der Waals surface area contributed by atoms with Gasteiger partial charge in [-0.25, -0.2) is 0 Å². The summed E-state index contributed by atoms with van der Waals surface area (Å²) < 4.78 is 41.1. The van der Waals surface area contributed by atoms with Gasteiger partial charge in [-0.15, -0.1) is 0 Å². The number of aryl methyl sites for hydroxylation is 3. The summed E-state index contributed by atoms with van der Waals surface area (Å²) in [5.41, 5.74) is 3.44. The zero-order chi connectivity index (χ0) is 21.8. The monoisotopic (exact) mass is 414 g/mol. The lowest BCUT2D eigenvalue weighted by Gasteiger charge is -2.33. The van der Waals surface area contributed by atoms with Crippen LogP contribution in [0, 0.1) is 20.8 Å². The van der Waals surface area contributed by atoms with Crippen molar-refractivity contribution in [3.63, 3.8) is 0 Å². The molecule has 3 aromatic rings. The van der Waals surface area contributed by atoms with E-state index < -0.39 is 11.7 Å². The van der Waals surface area contributed by atoms with Crippen molar-refractivity contribution in [3.8, 4) is 11.1 Å².